The van der Waals surface area contributed by atoms with Crippen LogP contribution in [0.4, 0.5) is 0 Å². The molecule has 1 aromatic rings. The van der Waals surface area contributed by atoms with Gasteiger partial charge in [-0.3, -0.25) is 4.99 Å². The molecule has 1 heterocycles. The molecule has 1 aromatic carbocycles. The molecule has 0 bridgehead atoms. The van der Waals surface area contributed by atoms with Crippen LogP contribution >= 0.6 is 0 Å². The maximum Gasteiger partial charge on any atom is 0.107 e. The molecule has 0 unspecified atom stereocenters. The summed E-state index contributed by atoms with van der Waals surface area (Å²) in [6.07, 6.45) is 3.91. The quantitative estimate of drug-likeness (QED) is 0.688. The number of hydrogen-bond donors (Lipinski definition) is 1. The fourth-order valence-electron chi connectivity index (χ4n) is 1.37. The first-order valence-corrected chi connectivity index (χ1v) is 4.37. The molecule has 0 aromatic heterocycles. The monoisotopic (exact) mass is 172 g/mol. The molecule has 66 valence electrons. The minimum absolute atomic E-state index is 0.690. The van der Waals surface area contributed by atoms with Crippen LogP contribution in [-0.4, -0.2) is 12.9 Å². The van der Waals surface area contributed by atoms with Crippen LogP contribution in [0.3, 0.4) is 0 Å². The highest BCUT2D eigenvalue weighted by atomic mass is 15.0. The van der Waals surface area contributed by atoms with E-state index in [4.69, 9.17) is 0 Å². The number of aliphatic imine (C=N–C) groups is 1. The van der Waals surface area contributed by atoms with Crippen LogP contribution in [0.25, 0.3) is 5.57 Å². The number of nitrogens with zero attached hydrogens (tertiary/aromatic N) is 1. The van der Waals surface area contributed by atoms with E-state index in [9.17, 15) is 0 Å². The van der Waals surface area contributed by atoms with Gasteiger partial charge in [0.15, 0.2) is 0 Å². The topological polar surface area (TPSA) is 24.4 Å². The van der Waals surface area contributed by atoms with E-state index in [1.165, 1.54) is 11.1 Å². The van der Waals surface area contributed by atoms with E-state index in [1.54, 1.807) is 0 Å². The lowest BCUT2D eigenvalue weighted by Crippen LogP contribution is -2.10. The molecule has 0 aliphatic carbocycles. The molecule has 0 atom stereocenters. The van der Waals surface area contributed by atoms with E-state index in [0.29, 0.717) is 6.67 Å². The Hall–Kier alpha value is -1.57. The Balaban J connectivity index is 2.35. The Labute approximate surface area is 78.0 Å². The lowest BCUT2D eigenvalue weighted by atomic mass is 10.1. The van der Waals surface area contributed by atoms with Crippen molar-refractivity contribution in [2.75, 3.05) is 6.67 Å². The minimum atomic E-state index is 0.690. The molecule has 0 fully saturated rings. The summed E-state index contributed by atoms with van der Waals surface area (Å²) in [7, 11) is 0. The highest BCUT2D eigenvalue weighted by Crippen LogP contribution is 2.14. The van der Waals surface area contributed by atoms with Gasteiger partial charge in [0.2, 0.25) is 0 Å². The van der Waals surface area contributed by atoms with Crippen LogP contribution in [0.1, 0.15) is 11.1 Å². The maximum absolute atomic E-state index is 4.16. The first kappa shape index (κ1) is 8.05. The number of rotatable bonds is 1. The van der Waals surface area contributed by atoms with Gasteiger partial charge in [-0.15, -0.1) is 0 Å². The van der Waals surface area contributed by atoms with E-state index < -0.39 is 0 Å². The van der Waals surface area contributed by atoms with Crippen LogP contribution < -0.4 is 5.32 Å². The van der Waals surface area contributed by atoms with E-state index in [0.717, 1.165) is 5.57 Å². The van der Waals surface area contributed by atoms with E-state index >= 15 is 0 Å². The number of benzene rings is 1. The van der Waals surface area contributed by atoms with Crippen molar-refractivity contribution in [2.45, 2.75) is 6.92 Å². The zero-order valence-electron chi connectivity index (χ0n) is 7.62. The van der Waals surface area contributed by atoms with Gasteiger partial charge in [-0.2, -0.15) is 0 Å². The van der Waals surface area contributed by atoms with Gasteiger partial charge >= 0.3 is 0 Å². The summed E-state index contributed by atoms with van der Waals surface area (Å²) < 4.78 is 0. The molecule has 1 aliphatic rings. The second kappa shape index (κ2) is 3.44. The highest BCUT2D eigenvalue weighted by molar-refractivity contribution is 6.10. The van der Waals surface area contributed by atoms with Crippen LogP contribution in [0.2, 0.25) is 0 Å². The zero-order valence-corrected chi connectivity index (χ0v) is 7.62. The zero-order chi connectivity index (χ0) is 9.10. The number of aryl methyl sites for hydroxylation is 1. The van der Waals surface area contributed by atoms with E-state index in [-0.39, 0.29) is 0 Å². The van der Waals surface area contributed by atoms with Gasteiger partial charge in [0, 0.05) is 18.0 Å². The minimum Gasteiger partial charge on any atom is -0.372 e. The molecule has 0 saturated heterocycles. The first-order valence-electron chi connectivity index (χ1n) is 4.37. The fraction of sp³-hybridized carbons (Fsp3) is 0.182. The average Bonchev–Trinajstić information content (AvgIpc) is 2.19. The Morgan fingerprint density at radius 1 is 1.38 bits per heavy atom. The Kier molecular flexibility index (Phi) is 2.13. The van der Waals surface area contributed by atoms with Crippen LogP contribution in [0.15, 0.2) is 35.5 Å². The van der Waals surface area contributed by atoms with Gasteiger partial charge in [0.05, 0.1) is 0 Å². The molecule has 0 saturated carbocycles. The van der Waals surface area contributed by atoms with Gasteiger partial charge < -0.3 is 5.32 Å². The second-order valence-corrected chi connectivity index (χ2v) is 3.14. The number of hydrogen-bond acceptors (Lipinski definition) is 2. The second-order valence-electron chi connectivity index (χ2n) is 3.14. The third-order valence-corrected chi connectivity index (χ3v) is 2.02. The SMILES string of the molecule is Cc1cccc(C2=CNCN=C2)c1. The predicted molar refractivity (Wildman–Crippen MR) is 55.7 cm³/mol. The molecule has 13 heavy (non-hydrogen) atoms. The molecule has 0 amide bonds. The maximum atomic E-state index is 4.16. The largest absolute Gasteiger partial charge is 0.372 e. The van der Waals surface area contributed by atoms with Crippen molar-refractivity contribution in [3.8, 4) is 0 Å². The van der Waals surface area contributed by atoms with Crippen molar-refractivity contribution in [1.29, 1.82) is 0 Å². The summed E-state index contributed by atoms with van der Waals surface area (Å²) in [5, 5.41) is 3.09. The molecular weight excluding hydrogens is 160 g/mol. The van der Waals surface area contributed by atoms with Gasteiger partial charge in [-0.05, 0) is 12.5 Å². The predicted octanol–water partition coefficient (Wildman–Crippen LogP) is 1.97. The molecular formula is C11H12N2. The Morgan fingerprint density at radius 3 is 3.00 bits per heavy atom. The van der Waals surface area contributed by atoms with E-state index in [2.05, 4.69) is 41.5 Å². The van der Waals surface area contributed by atoms with Crippen LogP contribution in [0, 0.1) is 6.92 Å². The average molecular weight is 172 g/mol. The summed E-state index contributed by atoms with van der Waals surface area (Å²) in [6, 6.07) is 8.41. The summed E-state index contributed by atoms with van der Waals surface area (Å²) in [4.78, 5) is 4.16. The molecule has 2 rings (SSSR count). The van der Waals surface area contributed by atoms with Crippen molar-refractivity contribution in [1.82, 2.24) is 5.32 Å². The molecule has 2 heteroatoms. The highest BCUT2D eigenvalue weighted by Gasteiger charge is 2.00. The van der Waals surface area contributed by atoms with Crippen LogP contribution in [0.5, 0.6) is 0 Å². The van der Waals surface area contributed by atoms with Crippen molar-refractivity contribution < 1.29 is 0 Å². The van der Waals surface area contributed by atoms with Gasteiger partial charge in [-0.25, -0.2) is 0 Å². The van der Waals surface area contributed by atoms with Crippen molar-refractivity contribution in [3.05, 3.63) is 41.6 Å². The summed E-state index contributed by atoms with van der Waals surface area (Å²) in [5.41, 5.74) is 3.64. The normalized spacial score (nSPS) is 15.0. The van der Waals surface area contributed by atoms with Crippen molar-refractivity contribution >= 4 is 11.8 Å². The summed E-state index contributed by atoms with van der Waals surface area (Å²) in [5.74, 6) is 0. The lowest BCUT2D eigenvalue weighted by Gasteiger charge is -2.08. The smallest absolute Gasteiger partial charge is 0.107 e. The number of allylic oxidation sites excluding steroid dienone is 1. The molecule has 1 N–H and O–H groups in total. The van der Waals surface area contributed by atoms with Crippen LogP contribution in [-0.2, 0) is 0 Å². The Morgan fingerprint density at radius 2 is 2.31 bits per heavy atom. The standard InChI is InChI=1S/C11H12N2/c1-9-3-2-4-10(5-9)11-6-12-8-13-7-11/h2-7,12H,8H2,1H3. The summed E-state index contributed by atoms with van der Waals surface area (Å²) >= 11 is 0. The number of nitrogens with one attached hydrogen (secondary N) is 1. The fourth-order valence-corrected chi connectivity index (χ4v) is 1.37. The molecule has 0 radical (unpaired) electrons. The van der Waals surface area contributed by atoms with E-state index in [1.807, 2.05) is 12.4 Å². The molecule has 0 spiro atoms. The third-order valence-electron chi connectivity index (χ3n) is 2.02. The molecule has 2 nitrogen and oxygen atoms in total. The van der Waals surface area contributed by atoms with Gasteiger partial charge in [0.1, 0.15) is 6.67 Å². The van der Waals surface area contributed by atoms with Gasteiger partial charge in [0.25, 0.3) is 0 Å². The third kappa shape index (κ3) is 1.78. The van der Waals surface area contributed by atoms with Gasteiger partial charge in [-0.1, -0.05) is 29.8 Å². The molecule has 1 aliphatic heterocycles. The Bertz CT molecular complexity index is 364. The van der Waals surface area contributed by atoms with Crippen molar-refractivity contribution in [3.63, 3.8) is 0 Å². The lowest BCUT2D eigenvalue weighted by molar-refractivity contribution is 0.882. The first-order chi connectivity index (χ1) is 6.36. The van der Waals surface area contributed by atoms with Crippen molar-refractivity contribution in [2.24, 2.45) is 4.99 Å². The summed E-state index contributed by atoms with van der Waals surface area (Å²) in [6.45, 7) is 2.78.